The minimum atomic E-state index is -0.539. The van der Waals surface area contributed by atoms with Crippen molar-refractivity contribution in [2.45, 2.75) is 20.8 Å². The third-order valence-corrected chi connectivity index (χ3v) is 5.20. The number of nitrogens with zero attached hydrogens (tertiary/aromatic N) is 1. The standard InChI is InChI=1S/C18H19BrN2O5/c1-10-7-16(11(2)12(3)18(10)19)26-9-17(22)20-14-8-13(21(23)24)5-6-15(14)25-4/h5-8H,9H2,1-4H3,(H,20,22). The average molecular weight is 423 g/mol. The minimum Gasteiger partial charge on any atom is -0.495 e. The van der Waals surface area contributed by atoms with Crippen LogP contribution in [0.25, 0.3) is 0 Å². The number of non-ortho nitro benzene ring substituents is 1. The molecule has 2 aromatic carbocycles. The number of amides is 1. The summed E-state index contributed by atoms with van der Waals surface area (Å²) in [6.07, 6.45) is 0. The number of hydrogen-bond acceptors (Lipinski definition) is 5. The number of rotatable bonds is 6. The monoisotopic (exact) mass is 422 g/mol. The third-order valence-electron chi connectivity index (χ3n) is 3.98. The van der Waals surface area contributed by atoms with Crippen molar-refractivity contribution in [1.82, 2.24) is 0 Å². The lowest BCUT2D eigenvalue weighted by atomic mass is 10.1. The first-order valence-corrected chi connectivity index (χ1v) is 8.55. The molecule has 8 heteroatoms. The van der Waals surface area contributed by atoms with Crippen molar-refractivity contribution in [3.8, 4) is 11.5 Å². The van der Waals surface area contributed by atoms with Gasteiger partial charge in [0.15, 0.2) is 6.61 Å². The van der Waals surface area contributed by atoms with Crippen LogP contribution in [0.3, 0.4) is 0 Å². The van der Waals surface area contributed by atoms with E-state index in [2.05, 4.69) is 21.2 Å². The number of benzene rings is 2. The van der Waals surface area contributed by atoms with Crippen LogP contribution in [0.4, 0.5) is 11.4 Å². The Balaban J connectivity index is 2.13. The van der Waals surface area contributed by atoms with Crippen LogP contribution >= 0.6 is 15.9 Å². The first kappa shape index (κ1) is 19.7. The molecule has 0 aliphatic rings. The Morgan fingerprint density at radius 2 is 1.88 bits per heavy atom. The molecule has 0 heterocycles. The maximum Gasteiger partial charge on any atom is 0.271 e. The molecule has 0 atom stereocenters. The Labute approximate surface area is 159 Å². The largest absolute Gasteiger partial charge is 0.495 e. The summed E-state index contributed by atoms with van der Waals surface area (Å²) in [6, 6.07) is 5.84. The molecule has 138 valence electrons. The van der Waals surface area contributed by atoms with Gasteiger partial charge in [-0.3, -0.25) is 14.9 Å². The van der Waals surface area contributed by atoms with Crippen molar-refractivity contribution in [2.24, 2.45) is 0 Å². The number of aryl methyl sites for hydroxylation is 1. The van der Waals surface area contributed by atoms with Gasteiger partial charge in [-0.15, -0.1) is 0 Å². The quantitative estimate of drug-likeness (QED) is 0.553. The number of anilines is 1. The lowest BCUT2D eigenvalue weighted by molar-refractivity contribution is -0.384. The third kappa shape index (κ3) is 4.32. The number of nitrogens with one attached hydrogen (secondary N) is 1. The number of halogens is 1. The Bertz CT molecular complexity index is 867. The lowest BCUT2D eigenvalue weighted by Crippen LogP contribution is -2.21. The molecule has 0 aromatic heterocycles. The van der Waals surface area contributed by atoms with Crippen molar-refractivity contribution in [3.05, 3.63) is 55.5 Å². The first-order valence-electron chi connectivity index (χ1n) is 7.76. The molecule has 0 aliphatic heterocycles. The Kier molecular flexibility index (Phi) is 6.20. The Morgan fingerprint density at radius 3 is 2.50 bits per heavy atom. The zero-order valence-electron chi connectivity index (χ0n) is 14.9. The van der Waals surface area contributed by atoms with Crippen LogP contribution in [0.1, 0.15) is 16.7 Å². The van der Waals surface area contributed by atoms with E-state index >= 15 is 0 Å². The predicted octanol–water partition coefficient (Wildman–Crippen LogP) is 4.31. The molecule has 0 unspecified atom stereocenters. The van der Waals surface area contributed by atoms with E-state index in [4.69, 9.17) is 9.47 Å². The maximum absolute atomic E-state index is 12.2. The van der Waals surface area contributed by atoms with Gasteiger partial charge in [0.2, 0.25) is 0 Å². The van der Waals surface area contributed by atoms with E-state index in [1.165, 1.54) is 25.3 Å². The van der Waals surface area contributed by atoms with E-state index in [-0.39, 0.29) is 18.0 Å². The molecule has 7 nitrogen and oxygen atoms in total. The zero-order chi connectivity index (χ0) is 19.4. The smallest absolute Gasteiger partial charge is 0.271 e. The number of nitro groups is 1. The van der Waals surface area contributed by atoms with Crippen molar-refractivity contribution in [3.63, 3.8) is 0 Å². The van der Waals surface area contributed by atoms with Crippen molar-refractivity contribution in [1.29, 1.82) is 0 Å². The van der Waals surface area contributed by atoms with Gasteiger partial charge >= 0.3 is 0 Å². The van der Waals surface area contributed by atoms with Crippen molar-refractivity contribution < 1.29 is 19.2 Å². The van der Waals surface area contributed by atoms with Gasteiger partial charge in [-0.1, -0.05) is 15.9 Å². The summed E-state index contributed by atoms with van der Waals surface area (Å²) in [4.78, 5) is 22.6. The fourth-order valence-electron chi connectivity index (χ4n) is 2.40. The Morgan fingerprint density at radius 1 is 1.19 bits per heavy atom. The van der Waals surface area contributed by atoms with Gasteiger partial charge in [0.1, 0.15) is 11.5 Å². The van der Waals surface area contributed by atoms with Crippen molar-refractivity contribution in [2.75, 3.05) is 19.0 Å². The highest BCUT2D eigenvalue weighted by atomic mass is 79.9. The van der Waals surface area contributed by atoms with Crippen LogP contribution in [0.2, 0.25) is 0 Å². The number of nitro benzene ring substituents is 1. The summed E-state index contributed by atoms with van der Waals surface area (Å²) in [5.74, 6) is 0.501. The topological polar surface area (TPSA) is 90.7 Å². The second-order valence-corrected chi connectivity index (χ2v) is 6.53. The number of ether oxygens (including phenoxy) is 2. The van der Waals surface area contributed by atoms with Gasteiger partial charge in [-0.2, -0.15) is 0 Å². The molecular weight excluding hydrogens is 404 g/mol. The molecule has 0 radical (unpaired) electrons. The number of carbonyl (C=O) groups excluding carboxylic acids is 1. The highest BCUT2D eigenvalue weighted by Gasteiger charge is 2.15. The van der Waals surface area contributed by atoms with Gasteiger partial charge in [-0.25, -0.2) is 0 Å². The molecular formula is C18H19BrN2O5. The minimum absolute atomic E-state index is 0.142. The summed E-state index contributed by atoms with van der Waals surface area (Å²) < 4.78 is 11.8. The highest BCUT2D eigenvalue weighted by molar-refractivity contribution is 9.10. The average Bonchev–Trinajstić information content (AvgIpc) is 2.61. The molecule has 0 fully saturated rings. The van der Waals surface area contributed by atoms with Crippen LogP contribution in [0, 0.1) is 30.9 Å². The summed E-state index contributed by atoms with van der Waals surface area (Å²) in [7, 11) is 1.42. The maximum atomic E-state index is 12.2. The van der Waals surface area contributed by atoms with E-state index < -0.39 is 10.8 Å². The van der Waals surface area contributed by atoms with Crippen molar-refractivity contribution >= 4 is 33.2 Å². The second kappa shape index (κ2) is 8.18. The van der Waals surface area contributed by atoms with Crippen LogP contribution in [-0.2, 0) is 4.79 Å². The van der Waals surface area contributed by atoms with Crippen LogP contribution in [0.5, 0.6) is 11.5 Å². The second-order valence-electron chi connectivity index (χ2n) is 5.73. The van der Waals surface area contributed by atoms with Gasteiger partial charge in [0.05, 0.1) is 17.7 Å². The van der Waals surface area contributed by atoms with E-state index in [1.807, 2.05) is 26.8 Å². The molecule has 2 rings (SSSR count). The SMILES string of the molecule is COc1ccc([N+](=O)[O-])cc1NC(=O)COc1cc(C)c(Br)c(C)c1C. The van der Waals surface area contributed by atoms with E-state index in [9.17, 15) is 14.9 Å². The lowest BCUT2D eigenvalue weighted by Gasteiger charge is -2.15. The molecule has 0 spiro atoms. The molecule has 1 N–H and O–H groups in total. The van der Waals surface area contributed by atoms with Gasteiger partial charge < -0.3 is 14.8 Å². The molecule has 0 saturated carbocycles. The molecule has 26 heavy (non-hydrogen) atoms. The first-order chi connectivity index (χ1) is 12.2. The van der Waals surface area contributed by atoms with Crippen LogP contribution < -0.4 is 14.8 Å². The summed E-state index contributed by atoms with van der Waals surface area (Å²) in [5.41, 5.74) is 3.06. The summed E-state index contributed by atoms with van der Waals surface area (Å²) >= 11 is 3.52. The normalized spacial score (nSPS) is 10.3. The van der Waals surface area contributed by atoms with Crippen LogP contribution in [0.15, 0.2) is 28.7 Å². The Hall–Kier alpha value is -2.61. The predicted molar refractivity (Wildman–Crippen MR) is 102 cm³/mol. The van der Waals surface area contributed by atoms with Gasteiger partial charge in [0, 0.05) is 16.6 Å². The molecule has 2 aromatic rings. The van der Waals surface area contributed by atoms with E-state index in [1.54, 1.807) is 0 Å². The molecule has 0 saturated heterocycles. The van der Waals surface area contributed by atoms with Gasteiger partial charge in [0.25, 0.3) is 11.6 Å². The number of carbonyl (C=O) groups is 1. The fraction of sp³-hybridized carbons (Fsp3) is 0.278. The molecule has 1 amide bonds. The number of hydrogen-bond donors (Lipinski definition) is 1. The van der Waals surface area contributed by atoms with Gasteiger partial charge in [-0.05, 0) is 49.6 Å². The number of methoxy groups -OCH3 is 1. The van der Waals surface area contributed by atoms with E-state index in [0.717, 1.165) is 21.2 Å². The summed E-state index contributed by atoms with van der Waals surface area (Å²) in [6.45, 7) is 5.59. The zero-order valence-corrected chi connectivity index (χ0v) is 16.5. The summed E-state index contributed by atoms with van der Waals surface area (Å²) in [5, 5.41) is 13.5. The van der Waals surface area contributed by atoms with E-state index in [0.29, 0.717) is 11.5 Å². The highest BCUT2D eigenvalue weighted by Crippen LogP contribution is 2.31. The molecule has 0 aliphatic carbocycles. The molecule has 0 bridgehead atoms. The van der Waals surface area contributed by atoms with Crippen LogP contribution in [-0.4, -0.2) is 24.5 Å². The fourth-order valence-corrected chi connectivity index (χ4v) is 2.81.